The fourth-order valence-corrected chi connectivity index (χ4v) is 7.42. The Labute approximate surface area is 221 Å². The summed E-state index contributed by atoms with van der Waals surface area (Å²) in [5.41, 5.74) is 4.25. The molecule has 37 heavy (non-hydrogen) atoms. The number of pyridine rings is 1. The average Bonchev–Trinajstić information content (AvgIpc) is 3.35. The number of piperidine rings is 1. The fraction of sp³-hybridized carbons (Fsp3) is 0.321. The lowest BCUT2D eigenvalue weighted by Crippen LogP contribution is -2.41. The topological polar surface area (TPSA) is 83.5 Å². The number of aromatic nitrogens is 2. The van der Waals surface area contributed by atoms with Crippen molar-refractivity contribution in [3.05, 3.63) is 83.2 Å². The number of nitrogens with zero attached hydrogens (tertiary/aromatic N) is 4. The molecule has 1 saturated heterocycles. The van der Waals surface area contributed by atoms with Gasteiger partial charge < -0.3 is 0 Å². The van der Waals surface area contributed by atoms with Crippen LogP contribution in [0.1, 0.15) is 53.4 Å². The van der Waals surface area contributed by atoms with Crippen LogP contribution in [0.3, 0.4) is 0 Å². The number of anilines is 1. The van der Waals surface area contributed by atoms with E-state index in [1.54, 1.807) is 27.5 Å². The highest BCUT2D eigenvalue weighted by atomic mass is 32.2. The standard InChI is InChI=1S/C28H30N4O3S2/c1-19-10-15-25-26(21(19)3)30-28(36-25)31(18-23-9-4-6-16-29-23)27(33)22-11-13-24(14-12-22)37(34,35)32-17-7-5-8-20(32)2/h4,6,9-16,20H,5,7-8,17-18H2,1-3H3. The number of carbonyl (C=O) groups is 1. The largest absolute Gasteiger partial charge is 0.278 e. The molecule has 0 spiro atoms. The molecule has 1 fully saturated rings. The van der Waals surface area contributed by atoms with Crippen molar-refractivity contribution in [2.45, 2.75) is 57.5 Å². The summed E-state index contributed by atoms with van der Waals surface area (Å²) in [6, 6.07) is 15.9. The zero-order valence-electron chi connectivity index (χ0n) is 21.2. The number of hydrogen-bond donors (Lipinski definition) is 0. The van der Waals surface area contributed by atoms with E-state index in [1.807, 2.05) is 45.0 Å². The van der Waals surface area contributed by atoms with E-state index < -0.39 is 10.0 Å². The predicted octanol–water partition coefficient (Wildman–Crippen LogP) is 5.72. The number of benzene rings is 2. The van der Waals surface area contributed by atoms with Crippen molar-refractivity contribution < 1.29 is 13.2 Å². The van der Waals surface area contributed by atoms with Gasteiger partial charge in [-0.05, 0) is 87.2 Å². The molecule has 1 amide bonds. The van der Waals surface area contributed by atoms with E-state index in [9.17, 15) is 13.2 Å². The number of fused-ring (bicyclic) bond motifs is 1. The van der Waals surface area contributed by atoms with Crippen LogP contribution in [0.15, 0.2) is 65.7 Å². The summed E-state index contributed by atoms with van der Waals surface area (Å²) in [6.07, 6.45) is 4.46. The third-order valence-electron chi connectivity index (χ3n) is 7.05. The minimum absolute atomic E-state index is 0.0277. The molecule has 5 rings (SSSR count). The van der Waals surface area contributed by atoms with Crippen molar-refractivity contribution in [2.75, 3.05) is 11.4 Å². The zero-order valence-corrected chi connectivity index (χ0v) is 22.8. The molecule has 3 heterocycles. The van der Waals surface area contributed by atoms with Gasteiger partial charge in [0.05, 0.1) is 27.4 Å². The van der Waals surface area contributed by atoms with E-state index in [0.29, 0.717) is 17.2 Å². The SMILES string of the molecule is Cc1ccc2sc(N(Cc3ccccn3)C(=O)c3ccc(S(=O)(=O)N4CCCCC4C)cc3)nc2c1C. The quantitative estimate of drug-likeness (QED) is 0.316. The van der Waals surface area contributed by atoms with Crippen LogP contribution in [-0.2, 0) is 16.6 Å². The van der Waals surface area contributed by atoms with Crippen molar-refractivity contribution in [2.24, 2.45) is 0 Å². The molecule has 7 nitrogen and oxygen atoms in total. The Balaban J connectivity index is 1.49. The highest BCUT2D eigenvalue weighted by Gasteiger charge is 2.31. The van der Waals surface area contributed by atoms with Gasteiger partial charge in [-0.1, -0.05) is 29.9 Å². The van der Waals surface area contributed by atoms with Gasteiger partial charge in [0.2, 0.25) is 10.0 Å². The molecule has 0 N–H and O–H groups in total. The van der Waals surface area contributed by atoms with Crippen LogP contribution in [0.5, 0.6) is 0 Å². The summed E-state index contributed by atoms with van der Waals surface area (Å²) in [4.78, 5) is 24.9. The van der Waals surface area contributed by atoms with Crippen molar-refractivity contribution in [3.63, 3.8) is 0 Å². The molecule has 1 unspecified atom stereocenters. The van der Waals surface area contributed by atoms with E-state index in [-0.39, 0.29) is 23.4 Å². The molecule has 2 aromatic carbocycles. The summed E-state index contributed by atoms with van der Waals surface area (Å²) < 4.78 is 29.1. The van der Waals surface area contributed by atoms with Crippen molar-refractivity contribution in [3.8, 4) is 0 Å². The van der Waals surface area contributed by atoms with Crippen LogP contribution in [0, 0.1) is 13.8 Å². The summed E-state index contributed by atoms with van der Waals surface area (Å²) in [5.74, 6) is -0.255. The Hall–Kier alpha value is -3.14. The van der Waals surface area contributed by atoms with Gasteiger partial charge in [-0.2, -0.15) is 4.31 Å². The van der Waals surface area contributed by atoms with Crippen LogP contribution in [0.2, 0.25) is 0 Å². The number of aryl methyl sites for hydroxylation is 2. The normalized spacial score (nSPS) is 16.7. The van der Waals surface area contributed by atoms with Gasteiger partial charge >= 0.3 is 0 Å². The lowest BCUT2D eigenvalue weighted by atomic mass is 10.1. The first kappa shape index (κ1) is 25.5. The van der Waals surface area contributed by atoms with Gasteiger partial charge in [-0.15, -0.1) is 0 Å². The molecule has 0 bridgehead atoms. The summed E-state index contributed by atoms with van der Waals surface area (Å²) in [7, 11) is -3.61. The molecular formula is C28H30N4O3S2. The van der Waals surface area contributed by atoms with Crippen LogP contribution in [-0.4, -0.2) is 41.2 Å². The third kappa shape index (κ3) is 5.03. The second-order valence-corrected chi connectivity index (χ2v) is 12.4. The second-order valence-electron chi connectivity index (χ2n) is 9.55. The lowest BCUT2D eigenvalue weighted by Gasteiger charge is -2.32. The van der Waals surface area contributed by atoms with E-state index in [2.05, 4.69) is 11.1 Å². The van der Waals surface area contributed by atoms with Crippen molar-refractivity contribution in [1.82, 2.24) is 14.3 Å². The van der Waals surface area contributed by atoms with Crippen LogP contribution in [0.4, 0.5) is 5.13 Å². The molecular weight excluding hydrogens is 504 g/mol. The van der Waals surface area contributed by atoms with Gasteiger partial charge in [0.1, 0.15) is 0 Å². The molecule has 1 aliphatic rings. The summed E-state index contributed by atoms with van der Waals surface area (Å²) >= 11 is 1.46. The molecule has 2 aromatic heterocycles. The number of thiazole rings is 1. The average molecular weight is 535 g/mol. The van der Waals surface area contributed by atoms with Gasteiger partial charge in [-0.25, -0.2) is 13.4 Å². The smallest absolute Gasteiger partial charge is 0.260 e. The van der Waals surface area contributed by atoms with Gasteiger partial charge in [0.15, 0.2) is 5.13 Å². The van der Waals surface area contributed by atoms with Crippen LogP contribution < -0.4 is 4.90 Å². The van der Waals surface area contributed by atoms with E-state index in [4.69, 9.17) is 4.98 Å². The molecule has 1 aliphatic heterocycles. The second kappa shape index (κ2) is 10.3. The Bertz CT molecular complexity index is 1530. The Morgan fingerprint density at radius 2 is 1.86 bits per heavy atom. The third-order valence-corrected chi connectivity index (χ3v) is 10.1. The molecule has 9 heteroatoms. The molecule has 0 aliphatic carbocycles. The maximum atomic E-state index is 13.8. The highest BCUT2D eigenvalue weighted by molar-refractivity contribution is 7.89. The summed E-state index contributed by atoms with van der Waals surface area (Å²) in [6.45, 7) is 6.81. The van der Waals surface area contributed by atoms with Crippen molar-refractivity contribution in [1.29, 1.82) is 0 Å². The maximum absolute atomic E-state index is 13.8. The number of sulfonamides is 1. The molecule has 1 atom stereocenters. The first-order valence-electron chi connectivity index (χ1n) is 12.5. The first-order chi connectivity index (χ1) is 17.8. The van der Waals surface area contributed by atoms with Gasteiger partial charge in [-0.3, -0.25) is 14.7 Å². The first-order valence-corrected chi connectivity index (χ1v) is 14.7. The Kier molecular flexibility index (Phi) is 7.11. The zero-order chi connectivity index (χ0) is 26.2. The predicted molar refractivity (Wildman–Crippen MR) is 147 cm³/mol. The van der Waals surface area contributed by atoms with Crippen LogP contribution in [0.25, 0.3) is 10.2 Å². The monoisotopic (exact) mass is 534 g/mol. The minimum Gasteiger partial charge on any atom is -0.278 e. The van der Waals surface area contributed by atoms with E-state index in [0.717, 1.165) is 46.3 Å². The van der Waals surface area contributed by atoms with E-state index >= 15 is 0 Å². The number of amides is 1. The molecule has 4 aromatic rings. The Morgan fingerprint density at radius 3 is 2.57 bits per heavy atom. The lowest BCUT2D eigenvalue weighted by molar-refractivity contribution is 0.0984. The van der Waals surface area contributed by atoms with Gasteiger partial charge in [0.25, 0.3) is 5.91 Å². The maximum Gasteiger partial charge on any atom is 0.260 e. The molecule has 0 radical (unpaired) electrons. The fourth-order valence-electron chi connectivity index (χ4n) is 4.70. The van der Waals surface area contributed by atoms with Gasteiger partial charge in [0, 0.05) is 24.3 Å². The summed E-state index contributed by atoms with van der Waals surface area (Å²) in [5, 5.41) is 0.582. The van der Waals surface area contributed by atoms with Crippen LogP contribution >= 0.6 is 11.3 Å². The number of hydrogen-bond acceptors (Lipinski definition) is 6. The van der Waals surface area contributed by atoms with Crippen molar-refractivity contribution >= 4 is 42.6 Å². The molecule has 0 saturated carbocycles. The number of carbonyl (C=O) groups excluding carboxylic acids is 1. The minimum atomic E-state index is -3.61. The highest BCUT2D eigenvalue weighted by Crippen LogP contribution is 2.33. The Morgan fingerprint density at radius 1 is 1.08 bits per heavy atom. The van der Waals surface area contributed by atoms with E-state index in [1.165, 1.54) is 23.5 Å². The molecule has 192 valence electrons. The number of rotatable bonds is 6.